The van der Waals surface area contributed by atoms with Gasteiger partial charge in [-0.15, -0.1) is 11.3 Å². The first-order valence-corrected chi connectivity index (χ1v) is 8.62. The molecule has 10 heteroatoms. The lowest BCUT2D eigenvalue weighted by atomic mass is 10.2. The average molecular weight is 342 g/mol. The highest BCUT2D eigenvalue weighted by Crippen LogP contribution is 2.25. The van der Waals surface area contributed by atoms with E-state index < -0.39 is 14.9 Å². The van der Waals surface area contributed by atoms with Gasteiger partial charge in [-0.1, -0.05) is 0 Å². The summed E-state index contributed by atoms with van der Waals surface area (Å²) in [7, 11) is -2.29. The Hall–Kier alpha value is -2.04. The standard InChI is InChI=1S/C12H14N4O4S2/c1-15(4-2-12-14-3-5-21-12)9-6-10(16(17)18)8-11(7-9)22(13,19)20/h3,5-8H,2,4H2,1H3,(H2,13,19,20). The zero-order chi connectivity index (χ0) is 16.3. The van der Waals surface area contributed by atoms with Gasteiger partial charge in [0.25, 0.3) is 5.69 Å². The number of nitrogens with zero attached hydrogens (tertiary/aromatic N) is 3. The van der Waals surface area contributed by atoms with Crippen LogP contribution < -0.4 is 10.0 Å². The maximum absolute atomic E-state index is 11.5. The van der Waals surface area contributed by atoms with Crippen LogP contribution in [0.15, 0.2) is 34.7 Å². The molecule has 0 atom stereocenters. The molecule has 118 valence electrons. The Kier molecular flexibility index (Phi) is 4.74. The molecule has 0 spiro atoms. The zero-order valence-corrected chi connectivity index (χ0v) is 13.3. The van der Waals surface area contributed by atoms with E-state index in [9.17, 15) is 18.5 Å². The Morgan fingerprint density at radius 2 is 2.14 bits per heavy atom. The lowest BCUT2D eigenvalue weighted by Gasteiger charge is -2.19. The number of nitro groups is 1. The van der Waals surface area contributed by atoms with Crippen molar-refractivity contribution in [3.05, 3.63) is 44.9 Å². The number of hydrogen-bond acceptors (Lipinski definition) is 7. The van der Waals surface area contributed by atoms with Crippen LogP contribution >= 0.6 is 11.3 Å². The Balaban J connectivity index is 2.28. The average Bonchev–Trinajstić information content (AvgIpc) is 2.96. The summed E-state index contributed by atoms with van der Waals surface area (Å²) in [6, 6.07) is 3.59. The van der Waals surface area contributed by atoms with Crippen molar-refractivity contribution in [3.8, 4) is 0 Å². The van der Waals surface area contributed by atoms with Gasteiger partial charge in [-0.25, -0.2) is 18.5 Å². The summed E-state index contributed by atoms with van der Waals surface area (Å²) >= 11 is 1.51. The molecule has 0 bridgehead atoms. The second kappa shape index (κ2) is 6.38. The molecular weight excluding hydrogens is 328 g/mol. The molecule has 1 aromatic carbocycles. The molecular formula is C12H14N4O4S2. The number of rotatable bonds is 6. The molecule has 0 saturated carbocycles. The van der Waals surface area contributed by atoms with Crippen molar-refractivity contribution in [2.45, 2.75) is 11.3 Å². The Morgan fingerprint density at radius 1 is 1.41 bits per heavy atom. The summed E-state index contributed by atoms with van der Waals surface area (Å²) in [4.78, 5) is 15.9. The fourth-order valence-corrected chi connectivity index (χ4v) is 3.01. The predicted octanol–water partition coefficient (Wildman–Crippen LogP) is 1.38. The van der Waals surface area contributed by atoms with Crippen LogP contribution in [0.2, 0.25) is 0 Å². The number of anilines is 1. The van der Waals surface area contributed by atoms with E-state index in [1.165, 1.54) is 23.5 Å². The number of non-ortho nitro benzene ring substituents is 1. The third-order valence-corrected chi connectivity index (χ3v) is 4.73. The number of likely N-dealkylation sites (N-methyl/N-ethyl adjacent to an activating group) is 1. The smallest absolute Gasteiger partial charge is 0.272 e. The number of nitrogens with two attached hydrogens (primary N) is 1. The minimum absolute atomic E-state index is 0.280. The molecule has 0 radical (unpaired) electrons. The number of aromatic nitrogens is 1. The van der Waals surface area contributed by atoms with E-state index in [-0.39, 0.29) is 10.6 Å². The van der Waals surface area contributed by atoms with Crippen LogP contribution in [-0.4, -0.2) is 31.9 Å². The zero-order valence-electron chi connectivity index (χ0n) is 11.7. The van der Waals surface area contributed by atoms with Gasteiger partial charge >= 0.3 is 0 Å². The van der Waals surface area contributed by atoms with Crippen molar-refractivity contribution in [3.63, 3.8) is 0 Å². The van der Waals surface area contributed by atoms with E-state index in [0.29, 0.717) is 18.7 Å². The molecule has 2 rings (SSSR count). The highest BCUT2D eigenvalue weighted by molar-refractivity contribution is 7.89. The topological polar surface area (TPSA) is 119 Å². The van der Waals surface area contributed by atoms with E-state index in [1.807, 2.05) is 5.38 Å². The summed E-state index contributed by atoms with van der Waals surface area (Å²) in [6.45, 7) is 0.540. The van der Waals surface area contributed by atoms with Gasteiger partial charge in [0, 0.05) is 49.4 Å². The number of hydrogen-bond donors (Lipinski definition) is 1. The van der Waals surface area contributed by atoms with Gasteiger partial charge in [-0.2, -0.15) is 0 Å². The Labute approximate surface area is 131 Å². The maximum atomic E-state index is 11.5. The summed E-state index contributed by atoms with van der Waals surface area (Å²) in [5, 5.41) is 18.8. The molecule has 2 N–H and O–H groups in total. The molecule has 0 aliphatic carbocycles. The molecule has 8 nitrogen and oxygen atoms in total. The number of benzene rings is 1. The Morgan fingerprint density at radius 3 is 2.68 bits per heavy atom. The number of sulfonamides is 1. The number of thiazole rings is 1. The van der Waals surface area contributed by atoms with Crippen molar-refractivity contribution in [1.82, 2.24) is 4.98 Å². The minimum atomic E-state index is -4.01. The molecule has 0 saturated heterocycles. The van der Waals surface area contributed by atoms with E-state index >= 15 is 0 Å². The normalized spacial score (nSPS) is 11.4. The van der Waals surface area contributed by atoms with Crippen LogP contribution in [0.4, 0.5) is 11.4 Å². The van der Waals surface area contributed by atoms with Crippen LogP contribution in [0.1, 0.15) is 5.01 Å². The fraction of sp³-hybridized carbons (Fsp3) is 0.250. The summed E-state index contributed by atoms with van der Waals surface area (Å²) in [5.41, 5.74) is 0.0948. The van der Waals surface area contributed by atoms with Gasteiger partial charge < -0.3 is 4.90 Å². The summed E-state index contributed by atoms with van der Waals surface area (Å²) < 4.78 is 22.9. The van der Waals surface area contributed by atoms with Crippen LogP contribution in [0, 0.1) is 10.1 Å². The van der Waals surface area contributed by atoms with Gasteiger partial charge in [0.1, 0.15) is 0 Å². The van der Waals surface area contributed by atoms with Gasteiger partial charge in [-0.05, 0) is 6.07 Å². The molecule has 2 aromatic rings. The van der Waals surface area contributed by atoms with Crippen molar-refractivity contribution in [1.29, 1.82) is 0 Å². The van der Waals surface area contributed by atoms with Crippen LogP contribution in [0.3, 0.4) is 0 Å². The lowest BCUT2D eigenvalue weighted by Crippen LogP contribution is -2.21. The molecule has 0 aliphatic rings. The van der Waals surface area contributed by atoms with Crippen molar-refractivity contribution in [2.24, 2.45) is 5.14 Å². The predicted molar refractivity (Wildman–Crippen MR) is 83.6 cm³/mol. The van der Waals surface area contributed by atoms with Gasteiger partial charge in [0.15, 0.2) is 0 Å². The van der Waals surface area contributed by atoms with Crippen molar-refractivity contribution < 1.29 is 13.3 Å². The lowest BCUT2D eigenvalue weighted by molar-refractivity contribution is -0.385. The first-order valence-electron chi connectivity index (χ1n) is 6.19. The maximum Gasteiger partial charge on any atom is 0.272 e. The van der Waals surface area contributed by atoms with Crippen molar-refractivity contribution in [2.75, 3.05) is 18.5 Å². The minimum Gasteiger partial charge on any atom is -0.374 e. The first kappa shape index (κ1) is 16.3. The highest BCUT2D eigenvalue weighted by Gasteiger charge is 2.18. The molecule has 0 unspecified atom stereocenters. The van der Waals surface area contributed by atoms with Gasteiger partial charge in [0.05, 0.1) is 14.8 Å². The van der Waals surface area contributed by atoms with Crippen LogP contribution in [-0.2, 0) is 16.4 Å². The molecule has 0 fully saturated rings. The molecule has 1 heterocycles. The second-order valence-corrected chi connectivity index (χ2v) is 7.13. The third kappa shape index (κ3) is 4.00. The largest absolute Gasteiger partial charge is 0.374 e. The molecule has 1 aromatic heterocycles. The van der Waals surface area contributed by atoms with Gasteiger partial charge in [0.2, 0.25) is 10.0 Å². The monoisotopic (exact) mass is 342 g/mol. The Bertz CT molecular complexity index is 774. The third-order valence-electron chi connectivity index (χ3n) is 3.00. The highest BCUT2D eigenvalue weighted by atomic mass is 32.2. The SMILES string of the molecule is CN(CCc1nccs1)c1cc([N+](=O)[O-])cc(S(N)(=O)=O)c1. The fourth-order valence-electron chi connectivity index (χ4n) is 1.83. The van der Waals surface area contributed by atoms with Crippen LogP contribution in [0.25, 0.3) is 0 Å². The van der Waals surface area contributed by atoms with E-state index in [1.54, 1.807) is 18.1 Å². The quantitative estimate of drug-likeness (QED) is 0.625. The molecule has 22 heavy (non-hydrogen) atoms. The van der Waals surface area contributed by atoms with Crippen molar-refractivity contribution >= 4 is 32.7 Å². The molecule has 0 amide bonds. The summed E-state index contributed by atoms with van der Waals surface area (Å²) in [5.74, 6) is 0. The van der Waals surface area contributed by atoms with Gasteiger partial charge in [-0.3, -0.25) is 10.1 Å². The second-order valence-electron chi connectivity index (χ2n) is 4.58. The number of nitro benzene ring substituents is 1. The van der Waals surface area contributed by atoms with E-state index in [4.69, 9.17) is 5.14 Å². The van der Waals surface area contributed by atoms with E-state index in [2.05, 4.69) is 4.98 Å². The number of primary sulfonamides is 1. The van der Waals surface area contributed by atoms with Crippen LogP contribution in [0.5, 0.6) is 0 Å². The summed E-state index contributed by atoms with van der Waals surface area (Å²) in [6.07, 6.45) is 2.36. The first-order chi connectivity index (χ1) is 10.3. The molecule has 0 aliphatic heterocycles. The van der Waals surface area contributed by atoms with E-state index in [0.717, 1.165) is 11.1 Å².